The van der Waals surface area contributed by atoms with Crippen LogP contribution in [0.3, 0.4) is 0 Å². The number of nitrogens with one attached hydrogen (secondary N) is 1. The lowest BCUT2D eigenvalue weighted by atomic mass is 10.1. The topological polar surface area (TPSA) is 127 Å². The predicted molar refractivity (Wildman–Crippen MR) is 118 cm³/mol. The van der Waals surface area contributed by atoms with Crippen molar-refractivity contribution in [3.05, 3.63) is 93.5 Å². The second-order valence-electron chi connectivity index (χ2n) is 7.52. The van der Waals surface area contributed by atoms with Crippen molar-refractivity contribution in [2.45, 2.75) is 22.8 Å². The van der Waals surface area contributed by atoms with Gasteiger partial charge in [0.15, 0.2) is 0 Å². The van der Waals surface area contributed by atoms with Crippen LogP contribution < -0.4 is 4.72 Å². The van der Waals surface area contributed by atoms with Gasteiger partial charge in [0.05, 0.1) is 9.82 Å². The number of aliphatic carboxylic acids is 1. The van der Waals surface area contributed by atoms with Crippen molar-refractivity contribution in [1.29, 1.82) is 0 Å². The summed E-state index contributed by atoms with van der Waals surface area (Å²) in [7, 11) is -4.16. The molecule has 0 radical (unpaired) electrons. The predicted octanol–water partition coefficient (Wildman–Crippen LogP) is 4.20. The molecule has 2 atom stereocenters. The second-order valence-corrected chi connectivity index (χ2v) is 9.64. The molecule has 1 aliphatic rings. The Kier molecular flexibility index (Phi) is 5.49. The third kappa shape index (κ3) is 4.10. The first kappa shape index (κ1) is 21.9. The molecule has 0 spiro atoms. The standard InChI is InChI=1S/C22H17ClN2O6S/c23-17-8-4-14(5-9-17)15-6-10-19(11-7-15)32(30,31)24-22(21(26)27)13-20(22)16-2-1-3-18(12-16)25(28)29/h1-12,20,24H,13H2,(H,26,27). The van der Waals surface area contributed by atoms with Gasteiger partial charge in [0.25, 0.3) is 5.69 Å². The number of carboxylic acids is 1. The molecule has 32 heavy (non-hydrogen) atoms. The molecule has 1 aliphatic carbocycles. The first-order valence-corrected chi connectivity index (χ1v) is 11.4. The van der Waals surface area contributed by atoms with Crippen LogP contribution in [0.4, 0.5) is 5.69 Å². The van der Waals surface area contributed by atoms with Crippen molar-refractivity contribution >= 4 is 33.3 Å². The molecule has 0 aliphatic heterocycles. The van der Waals surface area contributed by atoms with Crippen LogP contribution in [0, 0.1) is 10.1 Å². The van der Waals surface area contributed by atoms with Crippen molar-refractivity contribution < 1.29 is 23.2 Å². The maximum atomic E-state index is 12.9. The van der Waals surface area contributed by atoms with Gasteiger partial charge in [-0.2, -0.15) is 4.72 Å². The summed E-state index contributed by atoms with van der Waals surface area (Å²) in [6.07, 6.45) is -0.00834. The van der Waals surface area contributed by atoms with Crippen LogP contribution in [-0.2, 0) is 14.8 Å². The maximum Gasteiger partial charge on any atom is 0.325 e. The zero-order valence-electron chi connectivity index (χ0n) is 16.4. The molecule has 0 bridgehead atoms. The molecular weight excluding hydrogens is 456 g/mol. The third-order valence-electron chi connectivity index (χ3n) is 5.48. The molecule has 2 N–H and O–H groups in total. The molecule has 4 rings (SSSR count). The van der Waals surface area contributed by atoms with Crippen LogP contribution in [0.25, 0.3) is 11.1 Å². The summed E-state index contributed by atoms with van der Waals surface area (Å²) in [6, 6.07) is 18.6. The first-order chi connectivity index (χ1) is 15.1. The molecule has 1 saturated carbocycles. The zero-order chi connectivity index (χ0) is 23.1. The molecular formula is C22H17ClN2O6S. The van der Waals surface area contributed by atoms with Crippen molar-refractivity contribution in [2.24, 2.45) is 0 Å². The lowest BCUT2D eigenvalue weighted by molar-refractivity contribution is -0.384. The van der Waals surface area contributed by atoms with E-state index in [1.165, 1.54) is 30.3 Å². The van der Waals surface area contributed by atoms with Gasteiger partial charge in [-0.1, -0.05) is 48.0 Å². The highest BCUT2D eigenvalue weighted by Crippen LogP contribution is 2.52. The van der Waals surface area contributed by atoms with E-state index >= 15 is 0 Å². The molecule has 0 aromatic heterocycles. The van der Waals surface area contributed by atoms with Gasteiger partial charge < -0.3 is 5.11 Å². The maximum absolute atomic E-state index is 12.9. The number of carboxylic acid groups (broad SMARTS) is 1. The monoisotopic (exact) mass is 472 g/mol. The van der Waals surface area contributed by atoms with E-state index in [1.807, 2.05) is 0 Å². The van der Waals surface area contributed by atoms with Crippen LogP contribution >= 0.6 is 11.6 Å². The Morgan fingerprint density at radius 1 is 1.06 bits per heavy atom. The SMILES string of the molecule is O=C(O)C1(NS(=O)(=O)c2ccc(-c3ccc(Cl)cc3)cc2)CC1c1cccc([N+](=O)[O-])c1. The first-order valence-electron chi connectivity index (χ1n) is 9.50. The summed E-state index contributed by atoms with van der Waals surface area (Å²) in [4.78, 5) is 22.3. The van der Waals surface area contributed by atoms with Gasteiger partial charge in [-0.15, -0.1) is 0 Å². The van der Waals surface area contributed by atoms with Gasteiger partial charge in [0, 0.05) is 23.1 Å². The Morgan fingerprint density at radius 3 is 2.22 bits per heavy atom. The molecule has 0 heterocycles. The minimum Gasteiger partial charge on any atom is -0.480 e. The molecule has 1 fully saturated rings. The molecule has 3 aromatic rings. The number of non-ortho nitro benzene ring substituents is 1. The van der Waals surface area contributed by atoms with Crippen LogP contribution in [-0.4, -0.2) is 30.0 Å². The van der Waals surface area contributed by atoms with Crippen LogP contribution in [0.15, 0.2) is 77.7 Å². The Morgan fingerprint density at radius 2 is 1.66 bits per heavy atom. The Balaban J connectivity index is 1.59. The van der Waals surface area contributed by atoms with E-state index in [0.29, 0.717) is 10.6 Å². The van der Waals surface area contributed by atoms with E-state index in [1.54, 1.807) is 42.5 Å². The minimum atomic E-state index is -4.16. The number of nitro benzene ring substituents is 1. The molecule has 10 heteroatoms. The second kappa shape index (κ2) is 8.01. The molecule has 164 valence electrons. The van der Waals surface area contributed by atoms with E-state index in [0.717, 1.165) is 11.1 Å². The van der Waals surface area contributed by atoms with Gasteiger partial charge >= 0.3 is 5.97 Å². The lowest BCUT2D eigenvalue weighted by Crippen LogP contribution is -2.44. The number of sulfonamides is 1. The fraction of sp³-hybridized carbons (Fsp3) is 0.136. The van der Waals surface area contributed by atoms with Gasteiger partial charge in [0.1, 0.15) is 5.54 Å². The number of nitro groups is 1. The molecule has 8 nitrogen and oxygen atoms in total. The van der Waals surface area contributed by atoms with Crippen molar-refractivity contribution in [3.63, 3.8) is 0 Å². The van der Waals surface area contributed by atoms with E-state index in [4.69, 9.17) is 11.6 Å². The van der Waals surface area contributed by atoms with Gasteiger partial charge in [-0.25, -0.2) is 8.42 Å². The van der Waals surface area contributed by atoms with Crippen molar-refractivity contribution in [3.8, 4) is 11.1 Å². The van der Waals surface area contributed by atoms with Crippen LogP contribution in [0.2, 0.25) is 5.02 Å². The molecule has 0 amide bonds. The highest BCUT2D eigenvalue weighted by atomic mass is 35.5. The third-order valence-corrected chi connectivity index (χ3v) is 7.26. The van der Waals surface area contributed by atoms with Gasteiger partial charge in [-0.3, -0.25) is 14.9 Å². The quantitative estimate of drug-likeness (QED) is 0.392. The number of benzene rings is 3. The summed E-state index contributed by atoms with van der Waals surface area (Å²) >= 11 is 5.89. The smallest absolute Gasteiger partial charge is 0.325 e. The average Bonchev–Trinajstić information content (AvgIpc) is 3.49. The number of rotatable bonds is 7. The Bertz CT molecular complexity index is 1310. The van der Waals surface area contributed by atoms with Gasteiger partial charge in [-0.05, 0) is 47.4 Å². The summed E-state index contributed by atoms with van der Waals surface area (Å²) in [5.41, 5.74) is 0.0653. The lowest BCUT2D eigenvalue weighted by Gasteiger charge is -2.16. The van der Waals surface area contributed by atoms with Crippen LogP contribution in [0.1, 0.15) is 17.9 Å². The van der Waals surface area contributed by atoms with E-state index in [-0.39, 0.29) is 17.0 Å². The molecule has 3 aromatic carbocycles. The number of carbonyl (C=O) groups is 1. The van der Waals surface area contributed by atoms with Crippen molar-refractivity contribution in [2.75, 3.05) is 0 Å². The Hall–Kier alpha value is -3.27. The summed E-state index contributed by atoms with van der Waals surface area (Å²) < 4.78 is 28.2. The minimum absolute atomic E-state index is 0.00834. The highest BCUT2D eigenvalue weighted by Gasteiger charge is 2.63. The van der Waals surface area contributed by atoms with E-state index in [2.05, 4.69) is 4.72 Å². The molecule has 0 saturated heterocycles. The summed E-state index contributed by atoms with van der Waals surface area (Å²) in [5, 5.41) is 21.4. The van der Waals surface area contributed by atoms with Crippen molar-refractivity contribution in [1.82, 2.24) is 4.72 Å². The highest BCUT2D eigenvalue weighted by molar-refractivity contribution is 7.89. The number of nitrogens with zero attached hydrogens (tertiary/aromatic N) is 1. The Labute approximate surface area is 188 Å². The number of hydrogen-bond donors (Lipinski definition) is 2. The average molecular weight is 473 g/mol. The van der Waals surface area contributed by atoms with Crippen LogP contribution in [0.5, 0.6) is 0 Å². The zero-order valence-corrected chi connectivity index (χ0v) is 18.0. The summed E-state index contributed by atoms with van der Waals surface area (Å²) in [5.74, 6) is -2.06. The van der Waals surface area contributed by atoms with E-state index in [9.17, 15) is 28.4 Å². The van der Waals surface area contributed by atoms with Gasteiger partial charge in [0.2, 0.25) is 10.0 Å². The fourth-order valence-corrected chi connectivity index (χ4v) is 5.21. The number of hydrogen-bond acceptors (Lipinski definition) is 5. The largest absolute Gasteiger partial charge is 0.480 e. The summed E-state index contributed by atoms with van der Waals surface area (Å²) in [6.45, 7) is 0. The number of halogens is 1. The normalized spacial score (nSPS) is 20.0. The van der Waals surface area contributed by atoms with E-state index < -0.39 is 32.4 Å². The molecule has 2 unspecified atom stereocenters. The fourth-order valence-electron chi connectivity index (χ4n) is 3.68.